The monoisotopic (exact) mass is 366 g/mol. The first-order chi connectivity index (χ1) is 12.1. The van der Waals surface area contributed by atoms with Crippen LogP contribution < -0.4 is 0 Å². The fourth-order valence-corrected chi connectivity index (χ4v) is 3.14. The highest BCUT2D eigenvalue weighted by molar-refractivity contribution is 8.14. The summed E-state index contributed by atoms with van der Waals surface area (Å²) in [5.41, 5.74) is 1.25. The maximum absolute atomic E-state index is 12.7. The Morgan fingerprint density at radius 2 is 1.88 bits per heavy atom. The molecule has 0 N–H and O–H groups in total. The number of ether oxygens (including phenoxy) is 2. The molecule has 1 aromatic rings. The summed E-state index contributed by atoms with van der Waals surface area (Å²) in [7, 11) is 3.17. The van der Waals surface area contributed by atoms with Crippen molar-refractivity contribution in [2.75, 3.05) is 46.3 Å². The fourth-order valence-electron chi connectivity index (χ4n) is 2.42. The van der Waals surface area contributed by atoms with Crippen molar-refractivity contribution in [3.63, 3.8) is 0 Å². The van der Waals surface area contributed by atoms with Gasteiger partial charge in [-0.2, -0.15) is 0 Å². The second-order valence-corrected chi connectivity index (χ2v) is 6.44. The number of carbonyl (C=O) groups excluding carboxylic acids is 3. The van der Waals surface area contributed by atoms with E-state index in [-0.39, 0.29) is 29.4 Å². The number of carbonyl (C=O) groups is 3. The van der Waals surface area contributed by atoms with E-state index >= 15 is 0 Å². The molecule has 0 aliphatic carbocycles. The van der Waals surface area contributed by atoms with Crippen LogP contribution >= 0.6 is 11.8 Å². The number of benzene rings is 1. The molecule has 0 radical (unpaired) electrons. The maximum Gasteiger partial charge on any atom is 0.289 e. The predicted molar refractivity (Wildman–Crippen MR) is 94.5 cm³/mol. The molecular weight excluding hydrogens is 344 g/mol. The fraction of sp³-hybridized carbons (Fsp3) is 0.471. The van der Waals surface area contributed by atoms with E-state index in [1.807, 2.05) is 0 Å². The van der Waals surface area contributed by atoms with E-state index in [1.54, 1.807) is 43.4 Å². The Hall–Kier alpha value is -1.90. The molecule has 1 aliphatic rings. The van der Waals surface area contributed by atoms with Gasteiger partial charge in [-0.25, -0.2) is 0 Å². The zero-order chi connectivity index (χ0) is 18.2. The van der Waals surface area contributed by atoms with Crippen molar-refractivity contribution in [2.45, 2.75) is 6.54 Å². The van der Waals surface area contributed by atoms with Crippen LogP contribution in [0.5, 0.6) is 0 Å². The number of amides is 3. The molecule has 7 nitrogen and oxygen atoms in total. The highest BCUT2D eigenvalue weighted by Gasteiger charge is 2.29. The molecule has 136 valence electrons. The molecule has 0 atom stereocenters. The first-order valence-electron chi connectivity index (χ1n) is 7.90. The molecule has 1 aliphatic heterocycles. The van der Waals surface area contributed by atoms with Gasteiger partial charge in [0.05, 0.1) is 25.5 Å². The minimum Gasteiger partial charge on any atom is -0.383 e. The van der Waals surface area contributed by atoms with Crippen LogP contribution in [0.25, 0.3) is 0 Å². The second kappa shape index (κ2) is 9.55. The zero-order valence-electron chi connectivity index (χ0n) is 14.4. The van der Waals surface area contributed by atoms with Crippen LogP contribution in [0.1, 0.15) is 15.9 Å². The van der Waals surface area contributed by atoms with E-state index in [0.717, 1.165) is 17.3 Å². The zero-order valence-corrected chi connectivity index (χ0v) is 15.2. The minimum absolute atomic E-state index is 0.135. The van der Waals surface area contributed by atoms with Gasteiger partial charge in [-0.05, 0) is 17.7 Å². The predicted octanol–water partition coefficient (Wildman–Crippen LogP) is 1.62. The summed E-state index contributed by atoms with van der Waals surface area (Å²) >= 11 is 1.00. The van der Waals surface area contributed by atoms with Gasteiger partial charge in [0.15, 0.2) is 0 Å². The molecule has 8 heteroatoms. The number of hydrogen-bond acceptors (Lipinski definition) is 6. The average Bonchev–Trinajstić information content (AvgIpc) is 2.93. The quantitative estimate of drug-likeness (QED) is 0.661. The van der Waals surface area contributed by atoms with Crippen molar-refractivity contribution >= 4 is 28.8 Å². The molecule has 2 rings (SSSR count). The lowest BCUT2D eigenvalue weighted by Crippen LogP contribution is -2.36. The van der Waals surface area contributed by atoms with E-state index < -0.39 is 0 Å². The molecule has 25 heavy (non-hydrogen) atoms. The van der Waals surface area contributed by atoms with Gasteiger partial charge >= 0.3 is 0 Å². The Morgan fingerprint density at radius 3 is 2.44 bits per heavy atom. The molecule has 0 unspecified atom stereocenters. The third kappa shape index (κ3) is 5.29. The van der Waals surface area contributed by atoms with Crippen molar-refractivity contribution in [1.29, 1.82) is 0 Å². The molecule has 1 heterocycles. The van der Waals surface area contributed by atoms with Crippen molar-refractivity contribution in [3.8, 4) is 0 Å². The first kappa shape index (κ1) is 19.4. The van der Waals surface area contributed by atoms with E-state index in [1.165, 1.54) is 4.90 Å². The van der Waals surface area contributed by atoms with Gasteiger partial charge in [0.25, 0.3) is 11.1 Å². The third-order valence-electron chi connectivity index (χ3n) is 3.77. The highest BCUT2D eigenvalue weighted by Crippen LogP contribution is 2.21. The molecule has 0 bridgehead atoms. The third-order valence-corrected chi connectivity index (χ3v) is 4.63. The Balaban J connectivity index is 2.10. The largest absolute Gasteiger partial charge is 0.383 e. The number of rotatable bonds is 9. The van der Waals surface area contributed by atoms with Crippen LogP contribution in [0.4, 0.5) is 4.79 Å². The van der Waals surface area contributed by atoms with E-state index in [9.17, 15) is 14.4 Å². The lowest BCUT2D eigenvalue weighted by molar-refractivity contribution is -0.125. The molecular formula is C17H22N2O5S. The van der Waals surface area contributed by atoms with Crippen molar-refractivity contribution in [3.05, 3.63) is 35.4 Å². The molecule has 3 amide bonds. The summed E-state index contributed by atoms with van der Waals surface area (Å²) in [5, 5.41) is -0.247. The summed E-state index contributed by atoms with van der Waals surface area (Å²) in [5.74, 6) is -0.155. The second-order valence-electron chi connectivity index (χ2n) is 5.51. The van der Waals surface area contributed by atoms with Crippen molar-refractivity contribution in [2.24, 2.45) is 0 Å². The number of nitrogens with zero attached hydrogens (tertiary/aromatic N) is 2. The van der Waals surface area contributed by atoms with Crippen molar-refractivity contribution in [1.82, 2.24) is 9.80 Å². The van der Waals surface area contributed by atoms with Gasteiger partial charge < -0.3 is 14.4 Å². The van der Waals surface area contributed by atoms with Gasteiger partial charge in [-0.3, -0.25) is 19.3 Å². The lowest BCUT2D eigenvalue weighted by Gasteiger charge is -2.22. The van der Waals surface area contributed by atoms with Gasteiger partial charge in [0.2, 0.25) is 5.91 Å². The van der Waals surface area contributed by atoms with E-state index in [0.29, 0.717) is 31.9 Å². The van der Waals surface area contributed by atoms with Crippen LogP contribution in [0, 0.1) is 0 Å². The van der Waals surface area contributed by atoms with Crippen LogP contribution in [0.3, 0.4) is 0 Å². The standard InChI is InChI=1S/C17H22N2O5S/c1-23-8-6-18(7-9-24-2)16(21)14-5-3-4-13(10-14)11-19-15(20)12-25-17(19)22/h3-5,10H,6-9,11-12H2,1-2H3. The van der Waals surface area contributed by atoms with Crippen LogP contribution in [-0.4, -0.2) is 73.1 Å². The Labute approximate surface area is 151 Å². The molecule has 0 aromatic heterocycles. The van der Waals surface area contributed by atoms with E-state index in [2.05, 4.69) is 0 Å². The highest BCUT2D eigenvalue weighted by atomic mass is 32.2. The summed E-state index contributed by atoms with van der Waals surface area (Å²) in [6.07, 6.45) is 0. The smallest absolute Gasteiger partial charge is 0.289 e. The SMILES string of the molecule is COCCN(CCOC)C(=O)c1cccc(CN2C(=O)CSC2=O)c1. The van der Waals surface area contributed by atoms with Crippen LogP contribution in [0.2, 0.25) is 0 Å². The molecule has 1 aromatic carbocycles. The number of imide groups is 1. The lowest BCUT2D eigenvalue weighted by atomic mass is 10.1. The van der Waals surface area contributed by atoms with Gasteiger partial charge in [-0.1, -0.05) is 23.9 Å². The van der Waals surface area contributed by atoms with Crippen LogP contribution in [0.15, 0.2) is 24.3 Å². The number of thioether (sulfide) groups is 1. The normalized spacial score (nSPS) is 14.2. The number of methoxy groups -OCH3 is 2. The number of hydrogen-bond donors (Lipinski definition) is 0. The summed E-state index contributed by atoms with van der Waals surface area (Å²) < 4.78 is 10.1. The minimum atomic E-state index is -0.247. The summed E-state index contributed by atoms with van der Waals surface area (Å²) in [6.45, 7) is 1.97. The summed E-state index contributed by atoms with van der Waals surface area (Å²) in [4.78, 5) is 39.1. The maximum atomic E-state index is 12.7. The molecule has 1 fully saturated rings. The molecule has 0 saturated carbocycles. The Bertz CT molecular complexity index is 613. The van der Waals surface area contributed by atoms with E-state index in [4.69, 9.17) is 9.47 Å². The van der Waals surface area contributed by atoms with Gasteiger partial charge in [-0.15, -0.1) is 0 Å². The van der Waals surface area contributed by atoms with Gasteiger partial charge in [0, 0.05) is 32.9 Å². The van der Waals surface area contributed by atoms with Crippen LogP contribution in [-0.2, 0) is 20.8 Å². The van der Waals surface area contributed by atoms with Gasteiger partial charge in [0.1, 0.15) is 0 Å². The topological polar surface area (TPSA) is 76.2 Å². The average molecular weight is 366 g/mol. The van der Waals surface area contributed by atoms with Crippen molar-refractivity contribution < 1.29 is 23.9 Å². The summed E-state index contributed by atoms with van der Waals surface area (Å²) in [6, 6.07) is 7.00. The Morgan fingerprint density at radius 1 is 1.20 bits per heavy atom. The molecule has 0 spiro atoms. The first-order valence-corrected chi connectivity index (χ1v) is 8.88. The Kier molecular flexibility index (Phi) is 7.42. The molecule has 1 saturated heterocycles.